The molecule has 0 spiro atoms. The van der Waals surface area contributed by atoms with Crippen LogP contribution in [0.5, 0.6) is 0 Å². The van der Waals surface area contributed by atoms with Crippen molar-refractivity contribution >= 4 is 5.97 Å². The third-order valence-electron chi connectivity index (χ3n) is 2.76. The van der Waals surface area contributed by atoms with Crippen LogP contribution >= 0.6 is 0 Å². The summed E-state index contributed by atoms with van der Waals surface area (Å²) in [4.78, 5) is 28.8. The quantitative estimate of drug-likeness (QED) is 0.796. The number of rotatable bonds is 2. The lowest BCUT2D eigenvalue weighted by Crippen LogP contribution is -2.31. The summed E-state index contributed by atoms with van der Waals surface area (Å²) in [7, 11) is 0. The molecule has 0 saturated heterocycles. The highest BCUT2D eigenvalue weighted by Crippen LogP contribution is 2.14. The Kier molecular flexibility index (Phi) is 3.93. The van der Waals surface area contributed by atoms with Gasteiger partial charge in [0.25, 0.3) is 5.56 Å². The Labute approximate surface area is 123 Å². The minimum atomic E-state index is -0.632. The third kappa shape index (κ3) is 3.37. The highest BCUT2D eigenvalue weighted by Gasteiger charge is 2.22. The first-order chi connectivity index (χ1) is 9.79. The Morgan fingerprint density at radius 3 is 2.48 bits per heavy atom. The molecule has 0 aliphatic heterocycles. The van der Waals surface area contributed by atoms with Gasteiger partial charge in [0.2, 0.25) is 0 Å². The maximum absolute atomic E-state index is 12.4. The molecule has 0 radical (unpaired) electrons. The number of nitrogens with zero attached hydrogens (tertiary/aromatic N) is 2. The van der Waals surface area contributed by atoms with E-state index in [0.29, 0.717) is 11.4 Å². The van der Waals surface area contributed by atoms with Crippen molar-refractivity contribution < 1.29 is 9.53 Å². The van der Waals surface area contributed by atoms with Crippen molar-refractivity contribution in [1.82, 2.24) is 9.55 Å². The predicted molar refractivity (Wildman–Crippen MR) is 79.7 cm³/mol. The van der Waals surface area contributed by atoms with E-state index in [-0.39, 0.29) is 11.3 Å². The number of pyridine rings is 2. The molecule has 0 saturated carbocycles. The van der Waals surface area contributed by atoms with Crippen molar-refractivity contribution in [3.05, 3.63) is 58.1 Å². The summed E-state index contributed by atoms with van der Waals surface area (Å²) >= 11 is 0. The highest BCUT2D eigenvalue weighted by atomic mass is 16.6. The molecule has 0 aliphatic carbocycles. The van der Waals surface area contributed by atoms with Crippen molar-refractivity contribution in [2.75, 3.05) is 0 Å². The molecule has 0 aliphatic rings. The van der Waals surface area contributed by atoms with Crippen LogP contribution in [-0.2, 0) is 4.74 Å². The van der Waals surface area contributed by atoms with E-state index in [9.17, 15) is 9.59 Å². The summed E-state index contributed by atoms with van der Waals surface area (Å²) in [5.74, 6) is -0.155. The molecule has 2 aromatic rings. The first-order valence-electron chi connectivity index (χ1n) is 6.67. The molecule has 2 rings (SSSR count). The molecule has 0 unspecified atom stereocenters. The lowest BCUT2D eigenvalue weighted by atomic mass is 10.2. The van der Waals surface area contributed by atoms with Crippen molar-refractivity contribution in [3.63, 3.8) is 0 Å². The standard InChI is InChI=1S/C16H18N2O3/c1-11-8-9-12(15(20)21-16(2,3)4)18(14(11)19)13-7-5-6-10-17-13/h5-10H,1-4H3. The van der Waals surface area contributed by atoms with E-state index in [0.717, 1.165) is 0 Å². The van der Waals surface area contributed by atoms with Gasteiger partial charge in [0.15, 0.2) is 0 Å². The van der Waals surface area contributed by atoms with Gasteiger partial charge in [-0.1, -0.05) is 12.1 Å². The first kappa shape index (κ1) is 15.0. The smallest absolute Gasteiger partial charge is 0.355 e. The Bertz CT molecular complexity index is 713. The molecule has 0 N–H and O–H groups in total. The molecule has 110 valence electrons. The molecular formula is C16H18N2O3. The number of carbonyl (C=O) groups excluding carboxylic acids is 1. The molecule has 0 amide bonds. The fourth-order valence-corrected chi connectivity index (χ4v) is 1.84. The Morgan fingerprint density at radius 2 is 1.90 bits per heavy atom. The van der Waals surface area contributed by atoms with Crippen LogP contribution in [0.15, 0.2) is 41.3 Å². The van der Waals surface area contributed by atoms with E-state index in [2.05, 4.69) is 4.98 Å². The number of carbonyl (C=O) groups is 1. The summed E-state index contributed by atoms with van der Waals surface area (Å²) in [5, 5.41) is 0. The van der Waals surface area contributed by atoms with Gasteiger partial charge in [-0.3, -0.25) is 9.36 Å². The number of hydrogen-bond acceptors (Lipinski definition) is 4. The van der Waals surface area contributed by atoms with Crippen LogP contribution in [-0.4, -0.2) is 21.1 Å². The molecular weight excluding hydrogens is 268 g/mol. The molecule has 0 bridgehead atoms. The van der Waals surface area contributed by atoms with Crippen LogP contribution < -0.4 is 5.56 Å². The van der Waals surface area contributed by atoms with Gasteiger partial charge < -0.3 is 4.74 Å². The van der Waals surface area contributed by atoms with Crippen molar-refractivity contribution in [2.24, 2.45) is 0 Å². The van der Waals surface area contributed by atoms with Crippen LogP contribution in [0.4, 0.5) is 0 Å². The highest BCUT2D eigenvalue weighted by molar-refractivity contribution is 5.88. The van der Waals surface area contributed by atoms with Gasteiger partial charge in [-0.25, -0.2) is 9.78 Å². The zero-order valence-electron chi connectivity index (χ0n) is 12.6. The van der Waals surface area contributed by atoms with E-state index < -0.39 is 11.6 Å². The summed E-state index contributed by atoms with van der Waals surface area (Å²) in [5.41, 5.74) is -0.211. The van der Waals surface area contributed by atoms with Gasteiger partial charge >= 0.3 is 5.97 Å². The lowest BCUT2D eigenvalue weighted by molar-refractivity contribution is 0.00590. The van der Waals surface area contributed by atoms with Crippen LogP contribution in [0.3, 0.4) is 0 Å². The first-order valence-corrected chi connectivity index (χ1v) is 6.67. The third-order valence-corrected chi connectivity index (χ3v) is 2.76. The molecule has 0 fully saturated rings. The minimum Gasteiger partial charge on any atom is -0.455 e. The molecule has 5 nitrogen and oxygen atoms in total. The monoisotopic (exact) mass is 286 g/mol. The Hall–Kier alpha value is -2.43. The van der Waals surface area contributed by atoms with Gasteiger partial charge in [0, 0.05) is 11.8 Å². The van der Waals surface area contributed by atoms with Crippen LogP contribution in [0.25, 0.3) is 5.82 Å². The van der Waals surface area contributed by atoms with Crippen molar-refractivity contribution in [1.29, 1.82) is 0 Å². The van der Waals surface area contributed by atoms with Crippen molar-refractivity contribution in [3.8, 4) is 5.82 Å². The minimum absolute atomic E-state index is 0.166. The second kappa shape index (κ2) is 5.52. The van der Waals surface area contributed by atoms with E-state index in [1.807, 2.05) is 0 Å². The molecule has 0 atom stereocenters. The van der Waals surface area contributed by atoms with Gasteiger partial charge in [-0.2, -0.15) is 0 Å². The van der Waals surface area contributed by atoms with Gasteiger partial charge in [-0.05, 0) is 45.9 Å². The Morgan fingerprint density at radius 1 is 1.19 bits per heavy atom. The van der Waals surface area contributed by atoms with Gasteiger partial charge in [0.1, 0.15) is 17.1 Å². The predicted octanol–water partition coefficient (Wildman–Crippen LogP) is 2.50. The van der Waals surface area contributed by atoms with E-state index >= 15 is 0 Å². The molecule has 2 heterocycles. The topological polar surface area (TPSA) is 61.2 Å². The molecule has 2 aromatic heterocycles. The number of esters is 1. The van der Waals surface area contributed by atoms with Gasteiger partial charge in [0.05, 0.1) is 0 Å². The Balaban J connectivity index is 2.60. The fraction of sp³-hybridized carbons (Fsp3) is 0.312. The second-order valence-corrected chi connectivity index (χ2v) is 5.73. The van der Waals surface area contributed by atoms with Crippen molar-refractivity contribution in [2.45, 2.75) is 33.3 Å². The van der Waals surface area contributed by atoms with E-state index in [4.69, 9.17) is 4.74 Å². The summed E-state index contributed by atoms with van der Waals surface area (Å²) < 4.78 is 6.64. The summed E-state index contributed by atoms with van der Waals surface area (Å²) in [6.07, 6.45) is 1.57. The van der Waals surface area contributed by atoms with Crippen LogP contribution in [0.1, 0.15) is 36.8 Å². The van der Waals surface area contributed by atoms with Gasteiger partial charge in [-0.15, -0.1) is 0 Å². The van der Waals surface area contributed by atoms with E-state index in [1.54, 1.807) is 64.2 Å². The van der Waals surface area contributed by atoms with Crippen LogP contribution in [0, 0.1) is 6.92 Å². The number of hydrogen-bond donors (Lipinski definition) is 0. The number of aryl methyl sites for hydroxylation is 1. The molecule has 21 heavy (non-hydrogen) atoms. The molecule has 5 heteroatoms. The van der Waals surface area contributed by atoms with Crippen LogP contribution in [0.2, 0.25) is 0 Å². The second-order valence-electron chi connectivity index (χ2n) is 5.73. The normalized spacial score (nSPS) is 11.2. The zero-order valence-corrected chi connectivity index (χ0v) is 12.6. The van der Waals surface area contributed by atoms with E-state index in [1.165, 1.54) is 4.57 Å². The summed E-state index contributed by atoms with van der Waals surface area (Å²) in [6.45, 7) is 7.04. The maximum atomic E-state index is 12.4. The average Bonchev–Trinajstić information content (AvgIpc) is 2.40. The number of ether oxygens (including phenoxy) is 1. The maximum Gasteiger partial charge on any atom is 0.355 e. The zero-order chi connectivity index (χ0) is 15.6. The largest absolute Gasteiger partial charge is 0.455 e. The number of aromatic nitrogens is 2. The average molecular weight is 286 g/mol. The molecule has 0 aromatic carbocycles. The lowest BCUT2D eigenvalue weighted by Gasteiger charge is -2.21. The fourth-order valence-electron chi connectivity index (χ4n) is 1.84. The SMILES string of the molecule is Cc1ccc(C(=O)OC(C)(C)C)n(-c2ccccn2)c1=O. The summed E-state index contributed by atoms with van der Waals surface area (Å²) in [6, 6.07) is 8.38.